The Balaban J connectivity index is 1.89. The first-order valence-corrected chi connectivity index (χ1v) is 9.48. The first kappa shape index (κ1) is 16.6. The molecule has 2 aliphatic heterocycles. The molecule has 0 saturated carbocycles. The average Bonchev–Trinajstić information content (AvgIpc) is 2.47. The van der Waals surface area contributed by atoms with Crippen LogP contribution in [0.1, 0.15) is 46.0 Å². The van der Waals surface area contributed by atoms with E-state index in [4.69, 9.17) is 9.47 Å². The summed E-state index contributed by atoms with van der Waals surface area (Å²) in [7, 11) is 0. The molecule has 0 radical (unpaired) electrons. The van der Waals surface area contributed by atoms with Crippen molar-refractivity contribution in [3.05, 3.63) is 0 Å². The SMILES string of the molecule is CCCOCC(NCC)C1CCOC2(CCSCC2)C1. The van der Waals surface area contributed by atoms with Crippen LogP contribution < -0.4 is 5.32 Å². The van der Waals surface area contributed by atoms with Crippen molar-refractivity contribution in [1.29, 1.82) is 0 Å². The van der Waals surface area contributed by atoms with Crippen LogP contribution in [0.25, 0.3) is 0 Å². The molecule has 4 heteroatoms. The average molecular weight is 301 g/mol. The Hall–Kier alpha value is 0.230. The Morgan fingerprint density at radius 1 is 1.35 bits per heavy atom. The van der Waals surface area contributed by atoms with Gasteiger partial charge < -0.3 is 14.8 Å². The van der Waals surface area contributed by atoms with Gasteiger partial charge in [0.25, 0.3) is 0 Å². The third-order valence-corrected chi connectivity index (χ3v) is 5.60. The number of hydrogen-bond acceptors (Lipinski definition) is 4. The molecule has 118 valence electrons. The number of likely N-dealkylation sites (N-methyl/N-ethyl adjacent to an activating group) is 1. The van der Waals surface area contributed by atoms with Crippen molar-refractivity contribution < 1.29 is 9.47 Å². The largest absolute Gasteiger partial charge is 0.380 e. The Bertz CT molecular complexity index is 264. The Morgan fingerprint density at radius 3 is 2.85 bits per heavy atom. The minimum absolute atomic E-state index is 0.187. The Morgan fingerprint density at radius 2 is 2.15 bits per heavy atom. The smallest absolute Gasteiger partial charge is 0.0701 e. The van der Waals surface area contributed by atoms with E-state index < -0.39 is 0 Å². The summed E-state index contributed by atoms with van der Waals surface area (Å²) in [5.41, 5.74) is 0.187. The maximum absolute atomic E-state index is 6.21. The van der Waals surface area contributed by atoms with Gasteiger partial charge in [0.2, 0.25) is 0 Å². The molecule has 1 spiro atoms. The molecule has 2 heterocycles. The lowest BCUT2D eigenvalue weighted by Crippen LogP contribution is -2.50. The first-order valence-electron chi connectivity index (χ1n) is 8.32. The molecule has 0 amide bonds. The van der Waals surface area contributed by atoms with Crippen molar-refractivity contribution in [2.75, 3.05) is 37.9 Å². The van der Waals surface area contributed by atoms with Gasteiger partial charge in [-0.3, -0.25) is 0 Å². The molecule has 3 nitrogen and oxygen atoms in total. The molecule has 1 N–H and O–H groups in total. The van der Waals surface area contributed by atoms with Crippen LogP contribution in [0.4, 0.5) is 0 Å². The molecule has 0 aliphatic carbocycles. The van der Waals surface area contributed by atoms with Crippen LogP contribution in [-0.4, -0.2) is 49.5 Å². The van der Waals surface area contributed by atoms with E-state index in [1.807, 2.05) is 0 Å². The summed E-state index contributed by atoms with van der Waals surface area (Å²) in [6.45, 7) is 8.07. The molecule has 0 bridgehead atoms. The van der Waals surface area contributed by atoms with E-state index in [2.05, 4.69) is 30.9 Å². The summed E-state index contributed by atoms with van der Waals surface area (Å²) in [5.74, 6) is 3.25. The maximum atomic E-state index is 6.21. The quantitative estimate of drug-likeness (QED) is 0.732. The van der Waals surface area contributed by atoms with Crippen molar-refractivity contribution in [2.24, 2.45) is 5.92 Å². The van der Waals surface area contributed by atoms with Gasteiger partial charge in [0.05, 0.1) is 12.2 Å². The van der Waals surface area contributed by atoms with Crippen LogP contribution in [-0.2, 0) is 9.47 Å². The Kier molecular flexibility index (Phi) is 7.15. The van der Waals surface area contributed by atoms with Crippen molar-refractivity contribution in [2.45, 2.75) is 57.6 Å². The molecular weight excluding hydrogens is 270 g/mol. The van der Waals surface area contributed by atoms with Gasteiger partial charge in [-0.2, -0.15) is 11.8 Å². The molecule has 0 aromatic rings. The molecule has 2 rings (SSSR count). The van der Waals surface area contributed by atoms with Crippen LogP contribution in [0.3, 0.4) is 0 Å². The summed E-state index contributed by atoms with van der Waals surface area (Å²) in [6, 6.07) is 0.502. The third kappa shape index (κ3) is 4.62. The van der Waals surface area contributed by atoms with Crippen molar-refractivity contribution in [1.82, 2.24) is 5.32 Å². The van der Waals surface area contributed by atoms with Gasteiger partial charge in [0.1, 0.15) is 0 Å². The highest BCUT2D eigenvalue weighted by Crippen LogP contribution is 2.40. The molecule has 0 aromatic heterocycles. The number of nitrogens with one attached hydrogen (secondary N) is 1. The van der Waals surface area contributed by atoms with Crippen LogP contribution in [0.5, 0.6) is 0 Å². The Labute approximate surface area is 128 Å². The second-order valence-corrected chi connectivity index (χ2v) is 7.36. The van der Waals surface area contributed by atoms with Gasteiger partial charge in [-0.25, -0.2) is 0 Å². The van der Waals surface area contributed by atoms with E-state index in [9.17, 15) is 0 Å². The van der Waals surface area contributed by atoms with Crippen molar-refractivity contribution in [3.8, 4) is 0 Å². The predicted molar refractivity (Wildman–Crippen MR) is 86.5 cm³/mol. The molecule has 2 atom stereocenters. The van der Waals surface area contributed by atoms with E-state index in [0.29, 0.717) is 12.0 Å². The molecule has 2 aliphatic rings. The van der Waals surface area contributed by atoms with Crippen molar-refractivity contribution >= 4 is 11.8 Å². The van der Waals surface area contributed by atoms with E-state index in [0.717, 1.165) is 32.8 Å². The van der Waals surface area contributed by atoms with E-state index in [-0.39, 0.29) is 5.60 Å². The molecular formula is C16H31NO2S. The summed E-state index contributed by atoms with van der Waals surface area (Å²) in [6.07, 6.45) is 5.99. The fourth-order valence-corrected chi connectivity index (χ4v) is 4.72. The normalized spacial score (nSPS) is 27.6. The van der Waals surface area contributed by atoms with Crippen LogP contribution in [0, 0.1) is 5.92 Å². The van der Waals surface area contributed by atoms with Gasteiger partial charge in [-0.05, 0) is 56.1 Å². The van der Waals surface area contributed by atoms with Crippen LogP contribution in [0.15, 0.2) is 0 Å². The molecule has 2 fully saturated rings. The van der Waals surface area contributed by atoms with E-state index in [1.54, 1.807) is 0 Å². The van der Waals surface area contributed by atoms with Gasteiger partial charge in [-0.15, -0.1) is 0 Å². The monoisotopic (exact) mass is 301 g/mol. The lowest BCUT2D eigenvalue weighted by Gasteiger charge is -2.45. The fraction of sp³-hybridized carbons (Fsp3) is 1.00. The van der Waals surface area contributed by atoms with Gasteiger partial charge in [0, 0.05) is 19.3 Å². The van der Waals surface area contributed by atoms with E-state index in [1.165, 1.54) is 37.2 Å². The van der Waals surface area contributed by atoms with Crippen LogP contribution >= 0.6 is 11.8 Å². The van der Waals surface area contributed by atoms with Crippen LogP contribution in [0.2, 0.25) is 0 Å². The lowest BCUT2D eigenvalue weighted by molar-refractivity contribution is -0.110. The number of rotatable bonds is 7. The molecule has 2 saturated heterocycles. The lowest BCUT2D eigenvalue weighted by atomic mass is 9.78. The van der Waals surface area contributed by atoms with Gasteiger partial charge >= 0.3 is 0 Å². The fourth-order valence-electron chi connectivity index (χ4n) is 3.48. The molecule has 20 heavy (non-hydrogen) atoms. The first-order chi connectivity index (χ1) is 9.79. The zero-order chi connectivity index (χ0) is 14.3. The highest BCUT2D eigenvalue weighted by molar-refractivity contribution is 7.99. The summed E-state index contributed by atoms with van der Waals surface area (Å²) in [5, 5.41) is 3.65. The minimum Gasteiger partial charge on any atom is -0.380 e. The highest BCUT2D eigenvalue weighted by atomic mass is 32.2. The van der Waals surface area contributed by atoms with E-state index >= 15 is 0 Å². The number of ether oxygens (including phenoxy) is 2. The zero-order valence-corrected chi connectivity index (χ0v) is 14.0. The zero-order valence-electron chi connectivity index (χ0n) is 13.2. The molecule has 2 unspecified atom stereocenters. The summed E-state index contributed by atoms with van der Waals surface area (Å²) < 4.78 is 12.0. The number of hydrogen-bond donors (Lipinski definition) is 1. The maximum Gasteiger partial charge on any atom is 0.0701 e. The minimum atomic E-state index is 0.187. The molecule has 0 aromatic carbocycles. The topological polar surface area (TPSA) is 30.5 Å². The summed E-state index contributed by atoms with van der Waals surface area (Å²) >= 11 is 2.08. The standard InChI is InChI=1S/C16H31NO2S/c1-3-8-18-13-15(17-4-2)14-5-9-19-16(12-14)6-10-20-11-7-16/h14-15,17H,3-13H2,1-2H3. The second kappa shape index (κ2) is 8.62. The van der Waals surface area contributed by atoms with Gasteiger partial charge in [0.15, 0.2) is 0 Å². The van der Waals surface area contributed by atoms with Gasteiger partial charge in [-0.1, -0.05) is 13.8 Å². The predicted octanol–water partition coefficient (Wildman–Crippen LogP) is 3.08. The highest BCUT2D eigenvalue weighted by Gasteiger charge is 2.40. The summed E-state index contributed by atoms with van der Waals surface area (Å²) in [4.78, 5) is 0. The van der Waals surface area contributed by atoms with Crippen molar-refractivity contribution in [3.63, 3.8) is 0 Å². The number of thioether (sulfide) groups is 1. The second-order valence-electron chi connectivity index (χ2n) is 6.14. The third-order valence-electron chi connectivity index (χ3n) is 4.62.